The summed E-state index contributed by atoms with van der Waals surface area (Å²) in [6.45, 7) is 4.68. The highest BCUT2D eigenvalue weighted by molar-refractivity contribution is 6.13. The Morgan fingerprint density at radius 2 is 1.04 bits per heavy atom. The van der Waals surface area contributed by atoms with Crippen LogP contribution < -0.4 is 0 Å². The fourth-order valence-corrected chi connectivity index (χ4v) is 8.54. The van der Waals surface area contributed by atoms with Crippen LogP contribution in [0.4, 0.5) is 0 Å². The quantitative estimate of drug-likeness (QED) is 0.186. The van der Waals surface area contributed by atoms with Crippen molar-refractivity contribution in [3.05, 3.63) is 175 Å². The molecule has 7 aromatic carbocycles. The second kappa shape index (κ2) is 11.1. The van der Waals surface area contributed by atoms with Gasteiger partial charge in [-0.2, -0.15) is 0 Å². The van der Waals surface area contributed by atoms with Crippen LogP contribution in [0, 0.1) is 0 Å². The lowest BCUT2D eigenvalue weighted by atomic mass is 9.82. The second-order valence-electron chi connectivity index (χ2n) is 14.6. The maximum Gasteiger partial charge on any atom is 0.160 e. The van der Waals surface area contributed by atoms with Crippen LogP contribution in [0.2, 0.25) is 0 Å². The lowest BCUT2D eigenvalue weighted by molar-refractivity contribution is 0.647. The summed E-state index contributed by atoms with van der Waals surface area (Å²) in [7, 11) is 0. The Kier molecular flexibility index (Phi) is 6.27. The zero-order valence-electron chi connectivity index (χ0n) is 29.3. The van der Waals surface area contributed by atoms with Gasteiger partial charge in [0.05, 0.1) is 22.4 Å². The Balaban J connectivity index is 1.07. The van der Waals surface area contributed by atoms with Gasteiger partial charge in [-0.05, 0) is 89.0 Å². The van der Waals surface area contributed by atoms with Crippen LogP contribution in [-0.4, -0.2) is 14.5 Å². The van der Waals surface area contributed by atoms with Crippen molar-refractivity contribution in [2.75, 3.05) is 0 Å². The smallest absolute Gasteiger partial charge is 0.160 e. The van der Waals surface area contributed by atoms with Crippen LogP contribution in [0.25, 0.3) is 94.5 Å². The zero-order chi connectivity index (χ0) is 35.3. The van der Waals surface area contributed by atoms with Gasteiger partial charge in [0.1, 0.15) is 11.2 Å². The van der Waals surface area contributed by atoms with E-state index in [9.17, 15) is 0 Å². The molecule has 0 radical (unpaired) electrons. The maximum atomic E-state index is 6.35. The molecule has 0 aliphatic heterocycles. The number of aromatic nitrogens is 3. The van der Waals surface area contributed by atoms with Crippen LogP contribution in [-0.2, 0) is 5.41 Å². The van der Waals surface area contributed by atoms with E-state index in [0.717, 1.165) is 50.3 Å². The highest BCUT2D eigenvalue weighted by atomic mass is 16.3. The van der Waals surface area contributed by atoms with Gasteiger partial charge < -0.3 is 8.98 Å². The molecule has 3 heterocycles. The summed E-state index contributed by atoms with van der Waals surface area (Å²) in [5, 5.41) is 4.81. The molecule has 4 heteroatoms. The average Bonchev–Trinajstić information content (AvgIpc) is 3.82. The SMILES string of the molecule is CC1(C)c2cc3oc4ccccc4c3cc2-c2cc3c4ccccc4n(-c4ccc(-c5nc(-c6ccccc6)cc(-c6ccccc6)n5)cc4)c3cc21. The summed E-state index contributed by atoms with van der Waals surface area (Å²) in [6.07, 6.45) is 0. The van der Waals surface area contributed by atoms with Crippen molar-refractivity contribution >= 4 is 43.7 Å². The molecular formula is C49H33N3O. The predicted molar refractivity (Wildman–Crippen MR) is 218 cm³/mol. The number of benzene rings is 7. The molecule has 0 bridgehead atoms. The van der Waals surface area contributed by atoms with Crippen LogP contribution in [0.15, 0.2) is 168 Å². The van der Waals surface area contributed by atoms with Crippen molar-refractivity contribution in [2.24, 2.45) is 0 Å². The van der Waals surface area contributed by atoms with Crippen LogP contribution in [0.5, 0.6) is 0 Å². The van der Waals surface area contributed by atoms with E-state index in [4.69, 9.17) is 14.4 Å². The number of fused-ring (bicyclic) bond motifs is 9. The molecule has 0 saturated heterocycles. The third kappa shape index (κ3) is 4.49. The van der Waals surface area contributed by atoms with Crippen molar-refractivity contribution in [2.45, 2.75) is 19.3 Å². The molecule has 0 spiro atoms. The summed E-state index contributed by atoms with van der Waals surface area (Å²) in [6, 6.07) is 58.0. The number of nitrogens with zero attached hydrogens (tertiary/aromatic N) is 3. The molecule has 1 aliphatic carbocycles. The number of rotatable bonds is 4. The minimum atomic E-state index is -0.200. The first-order valence-electron chi connectivity index (χ1n) is 18.2. The fraction of sp³-hybridized carbons (Fsp3) is 0.0612. The third-order valence-corrected chi connectivity index (χ3v) is 11.2. The predicted octanol–water partition coefficient (Wildman–Crippen LogP) is 12.8. The summed E-state index contributed by atoms with van der Waals surface area (Å²) in [4.78, 5) is 10.1. The largest absolute Gasteiger partial charge is 0.456 e. The van der Waals surface area contributed by atoms with E-state index in [1.54, 1.807) is 0 Å². The van der Waals surface area contributed by atoms with Gasteiger partial charge in [-0.15, -0.1) is 0 Å². The van der Waals surface area contributed by atoms with Crippen molar-refractivity contribution in [3.63, 3.8) is 0 Å². The molecule has 0 unspecified atom stereocenters. The monoisotopic (exact) mass is 679 g/mol. The molecule has 0 amide bonds. The van der Waals surface area contributed by atoms with E-state index in [-0.39, 0.29) is 5.41 Å². The Labute approximate surface area is 306 Å². The lowest BCUT2D eigenvalue weighted by Crippen LogP contribution is -2.15. The molecule has 1 aliphatic rings. The van der Waals surface area contributed by atoms with Crippen LogP contribution >= 0.6 is 0 Å². The third-order valence-electron chi connectivity index (χ3n) is 11.2. The number of para-hydroxylation sites is 2. The minimum Gasteiger partial charge on any atom is -0.456 e. The molecule has 0 atom stereocenters. The van der Waals surface area contributed by atoms with Crippen molar-refractivity contribution < 1.29 is 4.42 Å². The molecule has 53 heavy (non-hydrogen) atoms. The lowest BCUT2D eigenvalue weighted by Gasteiger charge is -2.21. The summed E-state index contributed by atoms with van der Waals surface area (Å²) in [5.41, 5.74) is 15.3. The fourth-order valence-electron chi connectivity index (χ4n) is 8.54. The van der Waals surface area contributed by atoms with Crippen LogP contribution in [0.1, 0.15) is 25.0 Å². The van der Waals surface area contributed by atoms with Crippen molar-refractivity contribution in [3.8, 4) is 50.7 Å². The van der Waals surface area contributed by atoms with E-state index < -0.39 is 0 Å². The molecular weight excluding hydrogens is 647 g/mol. The first-order valence-corrected chi connectivity index (χ1v) is 18.2. The molecule has 11 rings (SSSR count). The van der Waals surface area contributed by atoms with Crippen LogP contribution in [0.3, 0.4) is 0 Å². The van der Waals surface area contributed by atoms with E-state index >= 15 is 0 Å². The maximum absolute atomic E-state index is 6.35. The van der Waals surface area contributed by atoms with Gasteiger partial charge in [0, 0.05) is 49.3 Å². The standard InChI is InChI=1S/C49H33N3O/c1-49(2)40-27-45-38(25-36(40)37-26-39-35-18-10-12-20-46(35)53-47(39)28-41(37)49)34-17-9-11-19-44(34)52(45)33-23-21-32(22-24-33)48-50-42(30-13-5-3-6-14-30)29-43(51-48)31-15-7-4-8-16-31/h3-29H,1-2H3. The topological polar surface area (TPSA) is 43.9 Å². The van der Waals surface area contributed by atoms with Gasteiger partial charge in [-0.1, -0.05) is 111 Å². The van der Waals surface area contributed by atoms with Gasteiger partial charge in [0.25, 0.3) is 0 Å². The average molecular weight is 680 g/mol. The van der Waals surface area contributed by atoms with E-state index in [2.05, 4.69) is 164 Å². The Hall–Kier alpha value is -6.78. The van der Waals surface area contributed by atoms with E-state index in [0.29, 0.717) is 5.82 Å². The zero-order valence-corrected chi connectivity index (χ0v) is 29.3. The Morgan fingerprint density at radius 1 is 0.453 bits per heavy atom. The number of hydrogen-bond acceptors (Lipinski definition) is 3. The van der Waals surface area contributed by atoms with E-state index in [1.165, 1.54) is 49.4 Å². The molecule has 250 valence electrons. The minimum absolute atomic E-state index is 0.200. The van der Waals surface area contributed by atoms with Gasteiger partial charge in [-0.3, -0.25) is 0 Å². The first kappa shape index (κ1) is 29.9. The first-order chi connectivity index (χ1) is 26.0. The van der Waals surface area contributed by atoms with Gasteiger partial charge >= 0.3 is 0 Å². The van der Waals surface area contributed by atoms with Gasteiger partial charge in [-0.25, -0.2) is 9.97 Å². The number of hydrogen-bond donors (Lipinski definition) is 0. The molecule has 4 nitrogen and oxygen atoms in total. The molecule has 3 aromatic heterocycles. The summed E-state index contributed by atoms with van der Waals surface area (Å²) in [5.74, 6) is 0.704. The van der Waals surface area contributed by atoms with Crippen molar-refractivity contribution in [1.82, 2.24) is 14.5 Å². The number of furan rings is 1. The van der Waals surface area contributed by atoms with Gasteiger partial charge in [0.15, 0.2) is 5.82 Å². The highest BCUT2D eigenvalue weighted by Gasteiger charge is 2.37. The van der Waals surface area contributed by atoms with E-state index in [1.807, 2.05) is 18.2 Å². The molecule has 0 saturated carbocycles. The van der Waals surface area contributed by atoms with Crippen molar-refractivity contribution in [1.29, 1.82) is 0 Å². The highest BCUT2D eigenvalue weighted by Crippen LogP contribution is 2.53. The normalized spacial score (nSPS) is 13.2. The van der Waals surface area contributed by atoms with Gasteiger partial charge in [0.2, 0.25) is 0 Å². The Morgan fingerprint density at radius 3 is 1.74 bits per heavy atom. The second-order valence-corrected chi connectivity index (χ2v) is 14.6. The Bertz CT molecular complexity index is 3000. The summed E-state index contributed by atoms with van der Waals surface area (Å²) >= 11 is 0. The molecule has 0 N–H and O–H groups in total. The molecule has 10 aromatic rings. The summed E-state index contributed by atoms with van der Waals surface area (Å²) < 4.78 is 8.76. The molecule has 0 fully saturated rings.